The van der Waals surface area contributed by atoms with Crippen molar-refractivity contribution in [3.63, 3.8) is 0 Å². The smallest absolute Gasteiger partial charge is 0.240 e. The van der Waals surface area contributed by atoms with Crippen molar-refractivity contribution in [2.75, 3.05) is 12.8 Å². The van der Waals surface area contributed by atoms with Crippen molar-refractivity contribution in [1.82, 2.24) is 15.5 Å². The second-order valence-electron chi connectivity index (χ2n) is 3.55. The third-order valence-corrected chi connectivity index (χ3v) is 3.06. The van der Waals surface area contributed by atoms with Crippen LogP contribution in [0, 0.1) is 12.3 Å². The Morgan fingerprint density at radius 2 is 2.17 bits per heavy atom. The monoisotopic (exact) mass is 259 g/mol. The molecule has 0 aliphatic carbocycles. The van der Waals surface area contributed by atoms with Crippen LogP contribution in [0.25, 0.3) is 11.4 Å². The normalized spacial score (nSPS) is 10.2. The van der Waals surface area contributed by atoms with Gasteiger partial charge in [0, 0.05) is 10.5 Å². The van der Waals surface area contributed by atoms with Crippen LogP contribution in [0.4, 0.5) is 0 Å². The number of nitrogens with one attached hydrogen (secondary N) is 1. The molecule has 1 heterocycles. The molecular formula is C13H13N3OS. The maximum absolute atomic E-state index is 5.14. The van der Waals surface area contributed by atoms with Crippen LogP contribution in [0.2, 0.25) is 0 Å². The zero-order valence-electron chi connectivity index (χ0n) is 10.0. The summed E-state index contributed by atoms with van der Waals surface area (Å²) in [6.45, 7) is 0.972. The Morgan fingerprint density at radius 3 is 2.83 bits per heavy atom. The molecule has 0 aliphatic heterocycles. The average molecular weight is 259 g/mol. The van der Waals surface area contributed by atoms with E-state index in [1.54, 1.807) is 11.8 Å². The lowest BCUT2D eigenvalue weighted by atomic mass is 10.2. The van der Waals surface area contributed by atoms with Crippen LogP contribution in [0.15, 0.2) is 33.7 Å². The standard InChI is InChI=1S/C13H13N3OS/c1-3-8-14-9-12-15-13(16-17-12)10-4-6-11(18-2)7-5-10/h1,4-7,14H,8-9H2,2H3. The highest BCUT2D eigenvalue weighted by Crippen LogP contribution is 2.20. The van der Waals surface area contributed by atoms with Crippen molar-refractivity contribution in [2.24, 2.45) is 0 Å². The third-order valence-electron chi connectivity index (χ3n) is 2.32. The molecule has 0 saturated carbocycles. The lowest BCUT2D eigenvalue weighted by molar-refractivity contribution is 0.370. The third kappa shape index (κ3) is 3.13. The Kier molecular flexibility index (Phi) is 4.40. The maximum atomic E-state index is 5.14. The van der Waals surface area contributed by atoms with Crippen molar-refractivity contribution in [3.05, 3.63) is 30.2 Å². The molecule has 1 aromatic heterocycles. The molecule has 1 N–H and O–H groups in total. The first-order chi connectivity index (χ1) is 8.83. The van der Waals surface area contributed by atoms with Crippen molar-refractivity contribution in [3.8, 4) is 23.7 Å². The molecule has 1 aromatic carbocycles. The van der Waals surface area contributed by atoms with E-state index in [0.717, 1.165) is 5.56 Å². The van der Waals surface area contributed by atoms with Gasteiger partial charge < -0.3 is 4.52 Å². The van der Waals surface area contributed by atoms with Gasteiger partial charge in [0.25, 0.3) is 0 Å². The Labute approximate surface area is 110 Å². The maximum Gasteiger partial charge on any atom is 0.240 e. The predicted octanol–water partition coefficient (Wildman–Crippen LogP) is 2.18. The molecule has 0 fully saturated rings. The fourth-order valence-corrected chi connectivity index (χ4v) is 1.83. The van der Waals surface area contributed by atoms with Gasteiger partial charge in [0.05, 0.1) is 13.1 Å². The van der Waals surface area contributed by atoms with Gasteiger partial charge in [-0.2, -0.15) is 4.98 Å². The van der Waals surface area contributed by atoms with Gasteiger partial charge in [-0.25, -0.2) is 0 Å². The summed E-state index contributed by atoms with van der Waals surface area (Å²) >= 11 is 1.70. The predicted molar refractivity (Wildman–Crippen MR) is 72.1 cm³/mol. The van der Waals surface area contributed by atoms with E-state index < -0.39 is 0 Å². The van der Waals surface area contributed by atoms with Crippen LogP contribution in [-0.2, 0) is 6.54 Å². The van der Waals surface area contributed by atoms with Gasteiger partial charge in [0.2, 0.25) is 11.7 Å². The van der Waals surface area contributed by atoms with Gasteiger partial charge >= 0.3 is 0 Å². The van der Waals surface area contributed by atoms with Crippen molar-refractivity contribution >= 4 is 11.8 Å². The summed E-state index contributed by atoms with van der Waals surface area (Å²) in [7, 11) is 0. The average Bonchev–Trinajstić information content (AvgIpc) is 2.88. The Morgan fingerprint density at radius 1 is 1.39 bits per heavy atom. The topological polar surface area (TPSA) is 51.0 Å². The minimum atomic E-state index is 0.486. The lowest BCUT2D eigenvalue weighted by Gasteiger charge is -1.96. The second-order valence-corrected chi connectivity index (χ2v) is 4.43. The number of rotatable bonds is 5. The zero-order valence-corrected chi connectivity index (χ0v) is 10.8. The highest BCUT2D eigenvalue weighted by atomic mass is 32.2. The summed E-state index contributed by atoms with van der Waals surface area (Å²) in [4.78, 5) is 5.50. The van der Waals surface area contributed by atoms with Crippen LogP contribution < -0.4 is 5.32 Å². The van der Waals surface area contributed by atoms with Crippen LogP contribution in [-0.4, -0.2) is 22.9 Å². The highest BCUT2D eigenvalue weighted by molar-refractivity contribution is 7.98. The van der Waals surface area contributed by atoms with Crippen LogP contribution in [0.3, 0.4) is 0 Å². The van der Waals surface area contributed by atoms with E-state index in [-0.39, 0.29) is 0 Å². The van der Waals surface area contributed by atoms with E-state index in [0.29, 0.717) is 24.8 Å². The molecule has 2 aromatic rings. The van der Waals surface area contributed by atoms with E-state index in [1.807, 2.05) is 30.5 Å². The molecule has 0 bridgehead atoms. The molecule has 0 aliphatic rings. The fourth-order valence-electron chi connectivity index (χ4n) is 1.43. The zero-order chi connectivity index (χ0) is 12.8. The van der Waals surface area contributed by atoms with E-state index in [2.05, 4.69) is 21.4 Å². The molecule has 18 heavy (non-hydrogen) atoms. The summed E-state index contributed by atoms with van der Waals surface area (Å²) in [5.74, 6) is 3.62. The largest absolute Gasteiger partial charge is 0.338 e. The number of thioether (sulfide) groups is 1. The summed E-state index contributed by atoms with van der Waals surface area (Å²) in [5, 5.41) is 6.93. The molecule has 0 atom stereocenters. The molecule has 5 heteroatoms. The van der Waals surface area contributed by atoms with Gasteiger partial charge in [0.1, 0.15) is 0 Å². The number of hydrogen-bond acceptors (Lipinski definition) is 5. The second kappa shape index (κ2) is 6.24. The number of aromatic nitrogens is 2. The first-order valence-electron chi connectivity index (χ1n) is 5.44. The minimum absolute atomic E-state index is 0.486. The minimum Gasteiger partial charge on any atom is -0.338 e. The van der Waals surface area contributed by atoms with Crippen LogP contribution in [0.5, 0.6) is 0 Å². The fraction of sp³-hybridized carbons (Fsp3) is 0.231. The van der Waals surface area contributed by atoms with E-state index in [9.17, 15) is 0 Å². The molecule has 2 rings (SSSR count). The SMILES string of the molecule is C#CCNCc1nc(-c2ccc(SC)cc2)no1. The van der Waals surface area contributed by atoms with E-state index >= 15 is 0 Å². The molecule has 0 saturated heterocycles. The molecule has 92 valence electrons. The Hall–Kier alpha value is -1.77. The van der Waals surface area contributed by atoms with E-state index in [1.165, 1.54) is 4.90 Å². The van der Waals surface area contributed by atoms with Crippen molar-refractivity contribution in [1.29, 1.82) is 0 Å². The number of nitrogens with zero attached hydrogens (tertiary/aromatic N) is 2. The van der Waals surface area contributed by atoms with Gasteiger partial charge in [-0.15, -0.1) is 18.2 Å². The van der Waals surface area contributed by atoms with Gasteiger partial charge in [-0.3, -0.25) is 5.32 Å². The summed E-state index contributed by atoms with van der Waals surface area (Å²) in [5.41, 5.74) is 0.944. The van der Waals surface area contributed by atoms with E-state index in [4.69, 9.17) is 10.9 Å². The molecule has 0 amide bonds. The number of benzene rings is 1. The Balaban J connectivity index is 2.06. The van der Waals surface area contributed by atoms with Crippen LogP contribution >= 0.6 is 11.8 Å². The molecule has 0 spiro atoms. The van der Waals surface area contributed by atoms with Crippen molar-refractivity contribution < 1.29 is 4.52 Å². The summed E-state index contributed by atoms with van der Waals surface area (Å²) in [6.07, 6.45) is 7.18. The highest BCUT2D eigenvalue weighted by Gasteiger charge is 2.07. The Bertz CT molecular complexity index is 542. The molecule has 0 radical (unpaired) electrons. The van der Waals surface area contributed by atoms with Crippen LogP contribution in [0.1, 0.15) is 5.89 Å². The molecule has 4 nitrogen and oxygen atoms in total. The molecular weight excluding hydrogens is 246 g/mol. The quantitative estimate of drug-likeness (QED) is 0.507. The number of terminal acetylenes is 1. The van der Waals surface area contributed by atoms with Crippen molar-refractivity contribution in [2.45, 2.75) is 11.4 Å². The number of hydrogen-bond donors (Lipinski definition) is 1. The van der Waals surface area contributed by atoms with Gasteiger partial charge in [0.15, 0.2) is 0 Å². The first-order valence-corrected chi connectivity index (χ1v) is 6.67. The summed E-state index contributed by atoms with van der Waals surface area (Å²) < 4.78 is 5.12. The first kappa shape index (κ1) is 12.7. The lowest BCUT2D eigenvalue weighted by Crippen LogP contribution is -2.13. The van der Waals surface area contributed by atoms with Gasteiger partial charge in [-0.1, -0.05) is 11.1 Å². The summed E-state index contributed by atoms with van der Waals surface area (Å²) in [6, 6.07) is 8.03. The molecule has 0 unspecified atom stereocenters. The van der Waals surface area contributed by atoms with Gasteiger partial charge in [-0.05, 0) is 30.5 Å².